The van der Waals surface area contributed by atoms with E-state index in [4.69, 9.17) is 11.6 Å². The summed E-state index contributed by atoms with van der Waals surface area (Å²) >= 11 is 6.85. The van der Waals surface area contributed by atoms with Crippen LogP contribution in [0.15, 0.2) is 53.4 Å². The molecule has 0 radical (unpaired) electrons. The van der Waals surface area contributed by atoms with E-state index in [0.717, 1.165) is 22.9 Å². The molecule has 0 aromatic heterocycles. The fourth-order valence-electron chi connectivity index (χ4n) is 2.64. The van der Waals surface area contributed by atoms with Crippen LogP contribution in [0.25, 0.3) is 6.08 Å². The van der Waals surface area contributed by atoms with Crippen molar-refractivity contribution in [2.75, 3.05) is 0 Å². The first kappa shape index (κ1) is 18.7. The number of nitrogens with zero attached hydrogens (tertiary/aromatic N) is 1. The van der Waals surface area contributed by atoms with Crippen LogP contribution in [0.2, 0.25) is 5.02 Å². The molecule has 0 atom stereocenters. The molecule has 0 saturated carbocycles. The highest BCUT2D eigenvalue weighted by molar-refractivity contribution is 8.18. The van der Waals surface area contributed by atoms with Crippen molar-refractivity contribution in [2.45, 2.75) is 32.7 Å². The number of amides is 2. The lowest BCUT2D eigenvalue weighted by Crippen LogP contribution is -2.27. The smallest absolute Gasteiger partial charge is 0.268 e. The van der Waals surface area contributed by atoms with Gasteiger partial charge in [-0.1, -0.05) is 68.8 Å². The van der Waals surface area contributed by atoms with Crippen LogP contribution < -0.4 is 0 Å². The van der Waals surface area contributed by atoms with Crippen LogP contribution >= 0.6 is 23.4 Å². The Hall–Kier alpha value is -2.04. The van der Waals surface area contributed by atoms with E-state index < -0.39 is 0 Å². The zero-order chi connectivity index (χ0) is 18.9. The third-order valence-corrected chi connectivity index (χ3v) is 5.36. The molecule has 0 spiro atoms. The molecular formula is C21H20ClNO2S. The van der Waals surface area contributed by atoms with Crippen molar-refractivity contribution in [3.05, 3.63) is 75.1 Å². The number of carbonyl (C=O) groups excluding carboxylic acids is 2. The first-order valence-electron chi connectivity index (χ1n) is 8.34. The van der Waals surface area contributed by atoms with E-state index in [0.29, 0.717) is 9.93 Å². The van der Waals surface area contributed by atoms with E-state index in [2.05, 4.69) is 32.9 Å². The second kappa shape index (κ2) is 7.29. The summed E-state index contributed by atoms with van der Waals surface area (Å²) in [6.45, 7) is 6.74. The molecule has 134 valence electrons. The number of hydrogen-bond acceptors (Lipinski definition) is 3. The SMILES string of the molecule is CC(C)(C)c1ccc(CN2C(=O)S/C(=C/c3ccc(Cl)cc3)C2=O)cc1. The van der Waals surface area contributed by atoms with Gasteiger partial charge in [0, 0.05) is 5.02 Å². The summed E-state index contributed by atoms with van der Waals surface area (Å²) in [5.41, 5.74) is 3.07. The molecule has 0 aliphatic carbocycles. The molecule has 1 fully saturated rings. The largest absolute Gasteiger partial charge is 0.293 e. The predicted octanol–water partition coefficient (Wildman–Crippen LogP) is 5.87. The standard InChI is InChI=1S/C21H20ClNO2S/c1-21(2,3)16-8-4-15(5-9-16)13-23-19(24)18(26-20(23)25)12-14-6-10-17(22)11-7-14/h4-12H,13H2,1-3H3/b18-12+. The maximum Gasteiger partial charge on any atom is 0.293 e. The third kappa shape index (κ3) is 4.19. The zero-order valence-electron chi connectivity index (χ0n) is 15.0. The number of thioether (sulfide) groups is 1. The normalized spacial score (nSPS) is 16.6. The first-order valence-corrected chi connectivity index (χ1v) is 9.54. The summed E-state index contributed by atoms with van der Waals surface area (Å²) in [6, 6.07) is 15.2. The third-order valence-electron chi connectivity index (χ3n) is 4.20. The number of rotatable bonds is 3. The molecule has 1 saturated heterocycles. The van der Waals surface area contributed by atoms with Crippen LogP contribution in [0.3, 0.4) is 0 Å². The average molecular weight is 386 g/mol. The Morgan fingerprint density at radius 3 is 2.19 bits per heavy atom. The zero-order valence-corrected chi connectivity index (χ0v) is 16.5. The summed E-state index contributed by atoms with van der Waals surface area (Å²) in [5, 5.41) is 0.393. The lowest BCUT2D eigenvalue weighted by atomic mass is 9.87. The second-order valence-corrected chi connectivity index (χ2v) is 8.70. The Labute approximate surface area is 163 Å². The quantitative estimate of drug-likeness (QED) is 0.619. The minimum absolute atomic E-state index is 0.0716. The van der Waals surface area contributed by atoms with Gasteiger partial charge in [-0.2, -0.15) is 0 Å². The Morgan fingerprint density at radius 2 is 1.62 bits per heavy atom. The topological polar surface area (TPSA) is 37.4 Å². The summed E-state index contributed by atoms with van der Waals surface area (Å²) in [4.78, 5) is 26.6. The molecule has 5 heteroatoms. The van der Waals surface area contributed by atoms with Crippen molar-refractivity contribution in [1.82, 2.24) is 4.90 Å². The maximum atomic E-state index is 12.6. The Kier molecular flexibility index (Phi) is 5.26. The molecule has 3 rings (SSSR count). The second-order valence-electron chi connectivity index (χ2n) is 7.27. The fraction of sp³-hybridized carbons (Fsp3) is 0.238. The van der Waals surface area contributed by atoms with E-state index in [-0.39, 0.29) is 23.1 Å². The molecule has 3 nitrogen and oxygen atoms in total. The monoisotopic (exact) mass is 385 g/mol. The minimum atomic E-state index is -0.255. The van der Waals surface area contributed by atoms with E-state index in [1.165, 1.54) is 10.5 Å². The average Bonchev–Trinajstić information content (AvgIpc) is 2.84. The first-order chi connectivity index (χ1) is 12.2. The van der Waals surface area contributed by atoms with Crippen molar-refractivity contribution >= 4 is 40.6 Å². The van der Waals surface area contributed by atoms with Gasteiger partial charge in [-0.25, -0.2) is 0 Å². The number of halogens is 1. The molecule has 1 heterocycles. The van der Waals surface area contributed by atoms with Crippen molar-refractivity contribution in [3.8, 4) is 0 Å². The predicted molar refractivity (Wildman–Crippen MR) is 108 cm³/mol. The van der Waals surface area contributed by atoms with Crippen LogP contribution in [0.4, 0.5) is 4.79 Å². The summed E-state index contributed by atoms with van der Waals surface area (Å²) in [6.07, 6.45) is 1.73. The number of carbonyl (C=O) groups is 2. The Morgan fingerprint density at radius 1 is 1.00 bits per heavy atom. The van der Waals surface area contributed by atoms with Gasteiger partial charge in [-0.05, 0) is 52.1 Å². The van der Waals surface area contributed by atoms with Gasteiger partial charge in [0.15, 0.2) is 0 Å². The minimum Gasteiger partial charge on any atom is -0.268 e. The van der Waals surface area contributed by atoms with Crippen LogP contribution in [-0.2, 0) is 16.8 Å². The van der Waals surface area contributed by atoms with Gasteiger partial charge in [0.25, 0.3) is 11.1 Å². The van der Waals surface area contributed by atoms with Crippen molar-refractivity contribution < 1.29 is 9.59 Å². The van der Waals surface area contributed by atoms with Gasteiger partial charge in [-0.3, -0.25) is 14.5 Å². The molecule has 0 N–H and O–H groups in total. The lowest BCUT2D eigenvalue weighted by molar-refractivity contribution is -0.123. The van der Waals surface area contributed by atoms with E-state index in [9.17, 15) is 9.59 Å². The van der Waals surface area contributed by atoms with E-state index in [1.807, 2.05) is 24.3 Å². The van der Waals surface area contributed by atoms with Gasteiger partial charge in [0.05, 0.1) is 11.4 Å². The van der Waals surface area contributed by atoms with Crippen molar-refractivity contribution in [2.24, 2.45) is 0 Å². The van der Waals surface area contributed by atoms with Crippen LogP contribution in [0.5, 0.6) is 0 Å². The highest BCUT2D eigenvalue weighted by atomic mass is 35.5. The van der Waals surface area contributed by atoms with Gasteiger partial charge in [0.2, 0.25) is 0 Å². The highest BCUT2D eigenvalue weighted by Gasteiger charge is 2.35. The van der Waals surface area contributed by atoms with Crippen molar-refractivity contribution in [1.29, 1.82) is 0 Å². The molecule has 0 unspecified atom stereocenters. The Balaban J connectivity index is 1.76. The lowest BCUT2D eigenvalue weighted by Gasteiger charge is -2.20. The summed E-state index contributed by atoms with van der Waals surface area (Å²) in [7, 11) is 0. The molecule has 2 aromatic carbocycles. The molecule has 2 amide bonds. The number of imide groups is 1. The molecule has 26 heavy (non-hydrogen) atoms. The highest BCUT2D eigenvalue weighted by Crippen LogP contribution is 2.33. The van der Waals surface area contributed by atoms with Gasteiger partial charge in [-0.15, -0.1) is 0 Å². The summed E-state index contributed by atoms with van der Waals surface area (Å²) < 4.78 is 0. The molecule has 2 aromatic rings. The molecular weight excluding hydrogens is 366 g/mol. The van der Waals surface area contributed by atoms with Crippen LogP contribution in [-0.4, -0.2) is 16.0 Å². The Bertz CT molecular complexity index is 864. The fourth-order valence-corrected chi connectivity index (χ4v) is 3.60. The van der Waals surface area contributed by atoms with Gasteiger partial charge < -0.3 is 0 Å². The van der Waals surface area contributed by atoms with Gasteiger partial charge in [0.1, 0.15) is 0 Å². The van der Waals surface area contributed by atoms with Crippen LogP contribution in [0, 0.1) is 0 Å². The van der Waals surface area contributed by atoms with Gasteiger partial charge >= 0.3 is 0 Å². The number of hydrogen-bond donors (Lipinski definition) is 0. The molecule has 1 aliphatic heterocycles. The van der Waals surface area contributed by atoms with Crippen LogP contribution in [0.1, 0.15) is 37.5 Å². The van der Waals surface area contributed by atoms with E-state index in [1.54, 1.807) is 18.2 Å². The number of benzene rings is 2. The molecule has 1 aliphatic rings. The summed E-state index contributed by atoms with van der Waals surface area (Å²) in [5.74, 6) is -0.255. The maximum absolute atomic E-state index is 12.6. The molecule has 0 bridgehead atoms. The van der Waals surface area contributed by atoms with Crippen molar-refractivity contribution in [3.63, 3.8) is 0 Å². The van der Waals surface area contributed by atoms with E-state index >= 15 is 0 Å².